The fraction of sp³-hybridized carbons (Fsp3) is 0.333. The van der Waals surface area contributed by atoms with Gasteiger partial charge in [0.25, 0.3) is 0 Å². The summed E-state index contributed by atoms with van der Waals surface area (Å²) in [6.07, 6.45) is 11.2. The average Bonchev–Trinajstić information content (AvgIpc) is 2.74. The second-order valence-corrected chi connectivity index (χ2v) is 6.98. The second kappa shape index (κ2) is 10.5. The Hall–Kier alpha value is -2.88. The minimum absolute atomic E-state index is 0.235. The van der Waals surface area contributed by atoms with Gasteiger partial charge >= 0.3 is 0 Å². The van der Waals surface area contributed by atoms with Crippen molar-refractivity contribution >= 4 is 0 Å². The molecule has 4 heteroatoms. The number of hydrogen-bond acceptors (Lipinski definition) is 4. The van der Waals surface area contributed by atoms with Crippen LogP contribution in [0.4, 0.5) is 0 Å². The third-order valence-electron chi connectivity index (χ3n) is 4.73. The van der Waals surface area contributed by atoms with Gasteiger partial charge in [-0.1, -0.05) is 51.2 Å². The van der Waals surface area contributed by atoms with Crippen LogP contribution in [-0.4, -0.2) is 21.7 Å². The normalized spacial score (nSPS) is 10.8. The SMILES string of the molecule is CCCCCCCCOc1ccc(-c2cnc(-c3ccc(O)cc3)nc2)cc1. The third kappa shape index (κ3) is 5.81. The van der Waals surface area contributed by atoms with Crippen molar-refractivity contribution < 1.29 is 9.84 Å². The molecular weight excluding hydrogens is 348 g/mol. The Morgan fingerprint density at radius 3 is 2.00 bits per heavy atom. The van der Waals surface area contributed by atoms with Gasteiger partial charge in [-0.25, -0.2) is 9.97 Å². The Balaban J connectivity index is 1.51. The lowest BCUT2D eigenvalue weighted by Gasteiger charge is -2.08. The molecule has 146 valence electrons. The van der Waals surface area contributed by atoms with E-state index in [1.54, 1.807) is 24.3 Å². The van der Waals surface area contributed by atoms with Crippen LogP contribution >= 0.6 is 0 Å². The van der Waals surface area contributed by atoms with Crippen LogP contribution in [0, 0.1) is 0 Å². The van der Waals surface area contributed by atoms with Crippen molar-refractivity contribution in [3.8, 4) is 34.0 Å². The topological polar surface area (TPSA) is 55.2 Å². The van der Waals surface area contributed by atoms with Crippen LogP contribution in [-0.2, 0) is 0 Å². The summed E-state index contributed by atoms with van der Waals surface area (Å²) in [5, 5.41) is 9.38. The van der Waals surface area contributed by atoms with Crippen LogP contribution in [0.15, 0.2) is 60.9 Å². The number of phenols is 1. The molecular formula is C24H28N2O2. The van der Waals surface area contributed by atoms with Crippen LogP contribution in [0.1, 0.15) is 45.4 Å². The molecule has 1 N–H and O–H groups in total. The van der Waals surface area contributed by atoms with Crippen LogP contribution < -0.4 is 4.74 Å². The average molecular weight is 377 g/mol. The van der Waals surface area contributed by atoms with Crippen LogP contribution in [0.5, 0.6) is 11.5 Å². The van der Waals surface area contributed by atoms with Gasteiger partial charge in [-0.15, -0.1) is 0 Å². The molecule has 0 atom stereocenters. The molecule has 1 heterocycles. The monoisotopic (exact) mass is 376 g/mol. The van der Waals surface area contributed by atoms with Gasteiger partial charge in [0.1, 0.15) is 11.5 Å². The predicted octanol–water partition coefficient (Wildman–Crippen LogP) is 6.26. The van der Waals surface area contributed by atoms with Crippen molar-refractivity contribution in [2.24, 2.45) is 0 Å². The van der Waals surface area contributed by atoms with Crippen LogP contribution in [0.25, 0.3) is 22.5 Å². The van der Waals surface area contributed by atoms with Crippen LogP contribution in [0.2, 0.25) is 0 Å². The van der Waals surface area contributed by atoms with E-state index < -0.39 is 0 Å². The zero-order chi connectivity index (χ0) is 19.6. The minimum atomic E-state index is 0.235. The molecule has 4 nitrogen and oxygen atoms in total. The summed E-state index contributed by atoms with van der Waals surface area (Å²) in [7, 11) is 0. The van der Waals surface area contributed by atoms with Gasteiger partial charge in [0.05, 0.1) is 6.61 Å². The zero-order valence-electron chi connectivity index (χ0n) is 16.5. The Labute approximate surface area is 167 Å². The number of ether oxygens (including phenoxy) is 1. The fourth-order valence-electron chi connectivity index (χ4n) is 3.05. The summed E-state index contributed by atoms with van der Waals surface area (Å²) < 4.78 is 5.84. The van der Waals surface area contributed by atoms with Gasteiger partial charge in [-0.2, -0.15) is 0 Å². The van der Waals surface area contributed by atoms with E-state index in [0.29, 0.717) is 5.82 Å². The van der Waals surface area contributed by atoms with E-state index in [9.17, 15) is 5.11 Å². The quantitative estimate of drug-likeness (QED) is 0.425. The number of hydrogen-bond donors (Lipinski definition) is 1. The lowest BCUT2D eigenvalue weighted by molar-refractivity contribution is 0.304. The van der Waals surface area contributed by atoms with E-state index in [-0.39, 0.29) is 5.75 Å². The van der Waals surface area contributed by atoms with Crippen molar-refractivity contribution in [1.82, 2.24) is 9.97 Å². The first-order valence-electron chi connectivity index (χ1n) is 10.1. The zero-order valence-corrected chi connectivity index (χ0v) is 16.5. The number of rotatable bonds is 10. The number of unbranched alkanes of at least 4 members (excludes halogenated alkanes) is 5. The van der Waals surface area contributed by atoms with Crippen molar-refractivity contribution in [3.05, 3.63) is 60.9 Å². The summed E-state index contributed by atoms with van der Waals surface area (Å²) in [5.41, 5.74) is 2.90. The standard InChI is InChI=1S/C24H28N2O2/c1-2-3-4-5-6-7-16-28-23-14-10-19(11-15-23)21-17-25-24(26-18-21)20-8-12-22(27)13-9-20/h8-15,17-18,27H,2-7,16H2,1H3. The maximum Gasteiger partial charge on any atom is 0.159 e. The van der Waals surface area contributed by atoms with E-state index in [2.05, 4.69) is 16.9 Å². The van der Waals surface area contributed by atoms with Gasteiger partial charge in [-0.05, 0) is 48.4 Å². The Kier molecular flexibility index (Phi) is 7.42. The Bertz CT molecular complexity index is 828. The number of benzene rings is 2. The highest BCUT2D eigenvalue weighted by molar-refractivity contribution is 5.64. The maximum absolute atomic E-state index is 9.38. The lowest BCUT2D eigenvalue weighted by atomic mass is 10.1. The van der Waals surface area contributed by atoms with Crippen molar-refractivity contribution in [2.45, 2.75) is 45.4 Å². The molecule has 28 heavy (non-hydrogen) atoms. The second-order valence-electron chi connectivity index (χ2n) is 6.98. The molecule has 0 aliphatic carbocycles. The highest BCUT2D eigenvalue weighted by Gasteiger charge is 2.04. The van der Waals surface area contributed by atoms with Gasteiger partial charge in [0, 0.05) is 23.5 Å². The highest BCUT2D eigenvalue weighted by Crippen LogP contribution is 2.24. The molecule has 0 amide bonds. The molecule has 3 rings (SSSR count). The molecule has 0 unspecified atom stereocenters. The maximum atomic E-state index is 9.38. The van der Waals surface area contributed by atoms with Crippen molar-refractivity contribution in [2.75, 3.05) is 6.61 Å². The van der Waals surface area contributed by atoms with Gasteiger partial charge < -0.3 is 9.84 Å². The molecule has 0 bridgehead atoms. The number of phenolic OH excluding ortho intramolecular Hbond substituents is 1. The van der Waals surface area contributed by atoms with Crippen molar-refractivity contribution in [3.63, 3.8) is 0 Å². The molecule has 0 spiro atoms. The largest absolute Gasteiger partial charge is 0.508 e. The molecule has 0 saturated carbocycles. The summed E-state index contributed by atoms with van der Waals surface area (Å²) in [6.45, 7) is 3.01. The van der Waals surface area contributed by atoms with E-state index in [4.69, 9.17) is 4.74 Å². The molecule has 1 aromatic heterocycles. The first-order chi connectivity index (χ1) is 13.8. The first-order valence-corrected chi connectivity index (χ1v) is 10.1. The summed E-state index contributed by atoms with van der Waals surface area (Å²) in [5.74, 6) is 1.78. The predicted molar refractivity (Wildman–Crippen MR) is 113 cm³/mol. The van der Waals surface area contributed by atoms with Crippen LogP contribution in [0.3, 0.4) is 0 Å². The Morgan fingerprint density at radius 2 is 1.32 bits per heavy atom. The van der Waals surface area contributed by atoms with Gasteiger partial charge in [0.2, 0.25) is 0 Å². The van der Waals surface area contributed by atoms with Gasteiger partial charge in [0.15, 0.2) is 5.82 Å². The molecule has 0 saturated heterocycles. The molecule has 0 radical (unpaired) electrons. The van der Waals surface area contributed by atoms with Gasteiger partial charge in [-0.3, -0.25) is 0 Å². The Morgan fingerprint density at radius 1 is 0.714 bits per heavy atom. The molecule has 0 aliphatic rings. The highest BCUT2D eigenvalue weighted by atomic mass is 16.5. The minimum Gasteiger partial charge on any atom is -0.508 e. The summed E-state index contributed by atoms with van der Waals surface area (Å²) in [6, 6.07) is 15.0. The number of nitrogens with zero attached hydrogens (tertiary/aromatic N) is 2. The van der Waals surface area contributed by atoms with E-state index in [1.807, 2.05) is 36.7 Å². The van der Waals surface area contributed by atoms with E-state index in [1.165, 1.54) is 32.1 Å². The number of aromatic nitrogens is 2. The lowest BCUT2D eigenvalue weighted by Crippen LogP contribution is -1.97. The summed E-state index contributed by atoms with van der Waals surface area (Å²) in [4.78, 5) is 8.89. The fourth-order valence-corrected chi connectivity index (χ4v) is 3.05. The first kappa shape index (κ1) is 19.9. The van der Waals surface area contributed by atoms with E-state index >= 15 is 0 Å². The molecule has 3 aromatic rings. The third-order valence-corrected chi connectivity index (χ3v) is 4.73. The smallest absolute Gasteiger partial charge is 0.159 e. The van der Waals surface area contributed by atoms with E-state index in [0.717, 1.165) is 35.5 Å². The van der Waals surface area contributed by atoms with Crippen molar-refractivity contribution in [1.29, 1.82) is 0 Å². The molecule has 0 fully saturated rings. The molecule has 0 aliphatic heterocycles. The molecule has 2 aromatic carbocycles. The number of aromatic hydroxyl groups is 1. The summed E-state index contributed by atoms with van der Waals surface area (Å²) >= 11 is 0.